The highest BCUT2D eigenvalue weighted by Crippen LogP contribution is 2.55. The van der Waals surface area contributed by atoms with Crippen molar-refractivity contribution >= 4 is 35.2 Å². The van der Waals surface area contributed by atoms with Gasteiger partial charge in [0, 0.05) is 23.2 Å². The van der Waals surface area contributed by atoms with Crippen molar-refractivity contribution in [2.75, 3.05) is 18.4 Å². The van der Waals surface area contributed by atoms with E-state index in [0.29, 0.717) is 17.2 Å². The van der Waals surface area contributed by atoms with Crippen LogP contribution in [-0.4, -0.2) is 59.5 Å². The van der Waals surface area contributed by atoms with E-state index in [0.717, 1.165) is 36.1 Å². The van der Waals surface area contributed by atoms with Crippen LogP contribution in [0.25, 0.3) is 0 Å². The van der Waals surface area contributed by atoms with Crippen LogP contribution in [-0.2, 0) is 25.7 Å². The fourth-order valence-corrected chi connectivity index (χ4v) is 7.59. The summed E-state index contributed by atoms with van der Waals surface area (Å²) >= 11 is 1.59. The van der Waals surface area contributed by atoms with Crippen LogP contribution in [0.5, 0.6) is 11.5 Å². The van der Waals surface area contributed by atoms with Gasteiger partial charge in [-0.25, -0.2) is 0 Å². The van der Waals surface area contributed by atoms with Gasteiger partial charge in [0.1, 0.15) is 11.6 Å². The molecule has 5 atom stereocenters. The van der Waals surface area contributed by atoms with Crippen molar-refractivity contribution in [3.8, 4) is 11.5 Å². The molecule has 2 aromatic rings. The van der Waals surface area contributed by atoms with Crippen molar-refractivity contribution in [2.24, 2.45) is 11.8 Å². The van der Waals surface area contributed by atoms with Gasteiger partial charge in [0.2, 0.25) is 24.5 Å². The molecule has 5 aliphatic rings. The standard InChI is InChI=1S/C31H33N3O6S/c1-41-21-9-5-8-20(15-21)33-28(35)25-23-12-13-31(40-23)26(25)30(37)34(16-18-10-11-22-24(14-18)39-17-38-22)27(31)29(36)32-19-6-3-2-4-7-19/h5,8-15,19,23,25-27H,2-4,6-7,16-17H2,1H3,(H,32,36)(H,33,35)/t23-,25?,26-,27?,31?/m0/s1. The second-order valence-electron chi connectivity index (χ2n) is 11.4. The third kappa shape index (κ3) is 4.48. The van der Waals surface area contributed by atoms with E-state index >= 15 is 0 Å². The Kier molecular flexibility index (Phi) is 6.70. The maximum atomic E-state index is 14.3. The van der Waals surface area contributed by atoms with E-state index in [-0.39, 0.29) is 37.1 Å². The Labute approximate surface area is 243 Å². The molecule has 3 unspecified atom stereocenters. The molecule has 9 nitrogen and oxygen atoms in total. The molecule has 1 spiro atoms. The Morgan fingerprint density at radius 2 is 1.88 bits per heavy atom. The van der Waals surface area contributed by atoms with Crippen molar-refractivity contribution in [1.29, 1.82) is 0 Å². The summed E-state index contributed by atoms with van der Waals surface area (Å²) in [5.41, 5.74) is 0.264. The lowest BCUT2D eigenvalue weighted by atomic mass is 9.74. The number of benzene rings is 2. The second-order valence-corrected chi connectivity index (χ2v) is 12.3. The van der Waals surface area contributed by atoms with Gasteiger partial charge in [-0.2, -0.15) is 0 Å². The Morgan fingerprint density at radius 1 is 1.05 bits per heavy atom. The molecule has 1 saturated carbocycles. The number of fused-ring (bicyclic) bond motifs is 2. The minimum absolute atomic E-state index is 0.0691. The molecular weight excluding hydrogens is 542 g/mol. The summed E-state index contributed by atoms with van der Waals surface area (Å²) in [7, 11) is 0. The zero-order valence-corrected chi connectivity index (χ0v) is 23.7. The normalized spacial score (nSPS) is 29.6. The fraction of sp³-hybridized carbons (Fsp3) is 0.452. The third-order valence-corrected chi connectivity index (χ3v) is 9.73. The monoisotopic (exact) mass is 575 g/mol. The summed E-state index contributed by atoms with van der Waals surface area (Å²) in [5.74, 6) is -1.07. The molecule has 41 heavy (non-hydrogen) atoms. The van der Waals surface area contributed by atoms with Gasteiger partial charge in [0.25, 0.3) is 0 Å². The molecule has 3 amide bonds. The summed E-state index contributed by atoms with van der Waals surface area (Å²) in [6.07, 6.45) is 10.2. The summed E-state index contributed by atoms with van der Waals surface area (Å²) in [4.78, 5) is 44.7. The number of ether oxygens (including phenoxy) is 3. The molecule has 4 aliphatic heterocycles. The number of nitrogens with zero attached hydrogens (tertiary/aromatic N) is 1. The first-order valence-electron chi connectivity index (χ1n) is 14.3. The molecule has 2 N–H and O–H groups in total. The molecule has 4 heterocycles. The van der Waals surface area contributed by atoms with E-state index in [1.807, 2.05) is 60.9 Å². The molecule has 1 aliphatic carbocycles. The molecule has 0 radical (unpaired) electrons. The lowest BCUT2D eigenvalue weighted by Gasteiger charge is -2.34. The van der Waals surface area contributed by atoms with E-state index < -0.39 is 29.6 Å². The van der Waals surface area contributed by atoms with Crippen LogP contribution < -0.4 is 20.1 Å². The lowest BCUT2D eigenvalue weighted by Crippen LogP contribution is -2.56. The number of likely N-dealkylation sites (tertiary alicyclic amines) is 1. The number of anilines is 1. The van der Waals surface area contributed by atoms with Crippen molar-refractivity contribution in [3.05, 3.63) is 60.2 Å². The van der Waals surface area contributed by atoms with E-state index in [2.05, 4.69) is 10.6 Å². The van der Waals surface area contributed by atoms with Crippen LogP contribution in [0.3, 0.4) is 0 Å². The van der Waals surface area contributed by atoms with Gasteiger partial charge in [0.05, 0.1) is 17.9 Å². The number of thioether (sulfide) groups is 1. The molecule has 3 fully saturated rings. The van der Waals surface area contributed by atoms with Gasteiger partial charge in [-0.15, -0.1) is 11.8 Å². The van der Waals surface area contributed by atoms with Crippen LogP contribution in [0.2, 0.25) is 0 Å². The molecule has 2 bridgehead atoms. The largest absolute Gasteiger partial charge is 0.454 e. The van der Waals surface area contributed by atoms with Crippen molar-refractivity contribution in [3.63, 3.8) is 0 Å². The van der Waals surface area contributed by atoms with Crippen LogP contribution in [0.4, 0.5) is 5.69 Å². The fourth-order valence-electron chi connectivity index (χ4n) is 7.13. The summed E-state index contributed by atoms with van der Waals surface area (Å²) in [6, 6.07) is 12.3. The third-order valence-electron chi connectivity index (χ3n) is 9.00. The number of carbonyl (C=O) groups is 3. The predicted molar refractivity (Wildman–Crippen MR) is 152 cm³/mol. The minimum Gasteiger partial charge on any atom is -0.454 e. The van der Waals surface area contributed by atoms with Crippen LogP contribution in [0.15, 0.2) is 59.5 Å². The van der Waals surface area contributed by atoms with Crippen molar-refractivity contribution in [2.45, 2.75) is 67.3 Å². The number of nitrogens with one attached hydrogen (secondary N) is 2. The highest BCUT2D eigenvalue weighted by atomic mass is 32.2. The maximum absolute atomic E-state index is 14.3. The van der Waals surface area contributed by atoms with E-state index in [4.69, 9.17) is 14.2 Å². The van der Waals surface area contributed by atoms with E-state index in [9.17, 15) is 14.4 Å². The Hall–Kier alpha value is -3.50. The molecule has 0 aromatic heterocycles. The average Bonchev–Trinajstić information content (AvgIpc) is 3.74. The quantitative estimate of drug-likeness (QED) is 0.381. The van der Waals surface area contributed by atoms with Gasteiger partial charge in [-0.1, -0.05) is 43.5 Å². The number of rotatable bonds is 7. The predicted octanol–water partition coefficient (Wildman–Crippen LogP) is 3.88. The maximum Gasteiger partial charge on any atom is 0.246 e. The average molecular weight is 576 g/mol. The Bertz CT molecular complexity index is 1420. The van der Waals surface area contributed by atoms with Crippen LogP contribution in [0, 0.1) is 11.8 Å². The molecule has 214 valence electrons. The van der Waals surface area contributed by atoms with Crippen LogP contribution >= 0.6 is 11.8 Å². The Morgan fingerprint density at radius 3 is 2.71 bits per heavy atom. The number of hydrogen-bond acceptors (Lipinski definition) is 7. The van der Waals surface area contributed by atoms with Crippen molar-refractivity contribution in [1.82, 2.24) is 10.2 Å². The van der Waals surface area contributed by atoms with Gasteiger partial charge in [0.15, 0.2) is 11.5 Å². The molecule has 2 aromatic carbocycles. The minimum atomic E-state index is -1.21. The number of carbonyl (C=O) groups excluding carboxylic acids is 3. The molecular formula is C31H33N3O6S. The van der Waals surface area contributed by atoms with Crippen molar-refractivity contribution < 1.29 is 28.6 Å². The highest BCUT2D eigenvalue weighted by molar-refractivity contribution is 7.98. The highest BCUT2D eigenvalue weighted by Gasteiger charge is 2.72. The lowest BCUT2D eigenvalue weighted by molar-refractivity contribution is -0.142. The van der Waals surface area contributed by atoms with E-state index in [1.165, 1.54) is 6.42 Å². The summed E-state index contributed by atoms with van der Waals surface area (Å²) in [5, 5.41) is 6.24. The smallest absolute Gasteiger partial charge is 0.246 e. The zero-order chi connectivity index (χ0) is 28.1. The molecule has 10 heteroatoms. The topological polar surface area (TPSA) is 106 Å². The zero-order valence-electron chi connectivity index (χ0n) is 22.8. The van der Waals surface area contributed by atoms with Gasteiger partial charge < -0.3 is 29.7 Å². The number of amides is 3. The molecule has 7 rings (SSSR count). The van der Waals surface area contributed by atoms with Gasteiger partial charge >= 0.3 is 0 Å². The SMILES string of the molecule is CSc1cccc(NC(=O)C2[C@@H]3C=CC4(O3)C(C(=O)NC3CCCCC3)N(Cc3ccc5c(c3)OCO5)C(=O)[C@H]24)c1. The first kappa shape index (κ1) is 26.4. The van der Waals surface area contributed by atoms with E-state index in [1.54, 1.807) is 16.7 Å². The Balaban J connectivity index is 1.21. The van der Waals surface area contributed by atoms with Gasteiger partial charge in [-0.3, -0.25) is 14.4 Å². The van der Waals surface area contributed by atoms with Gasteiger partial charge in [-0.05, 0) is 55.0 Å². The van der Waals surface area contributed by atoms with Crippen LogP contribution in [0.1, 0.15) is 37.7 Å². The summed E-state index contributed by atoms with van der Waals surface area (Å²) < 4.78 is 17.5. The first-order valence-corrected chi connectivity index (χ1v) is 15.5. The molecule has 2 saturated heterocycles. The number of hydrogen-bond donors (Lipinski definition) is 2. The first-order chi connectivity index (χ1) is 20.0. The second kappa shape index (κ2) is 10.4. The summed E-state index contributed by atoms with van der Waals surface area (Å²) in [6.45, 7) is 0.332.